The zero-order valence-corrected chi connectivity index (χ0v) is 51.0. The van der Waals surface area contributed by atoms with Crippen molar-refractivity contribution in [3.63, 3.8) is 0 Å². The number of carbonyl (C=O) groups is 6. The third kappa shape index (κ3) is 18.5. The van der Waals surface area contributed by atoms with Crippen LogP contribution in [-0.4, -0.2) is 119 Å². The quantitative estimate of drug-likeness (QED) is 0.0538. The maximum Gasteiger partial charge on any atom is 0.573 e. The third-order valence-electron chi connectivity index (χ3n) is 15.7. The fourth-order valence-corrected chi connectivity index (χ4v) is 12.1. The summed E-state index contributed by atoms with van der Waals surface area (Å²) in [5.41, 5.74) is 2.52. The summed E-state index contributed by atoms with van der Waals surface area (Å²) >= 11 is 0. The van der Waals surface area contributed by atoms with Crippen LogP contribution in [0.25, 0.3) is 0 Å². The Labute approximate surface area is 518 Å². The molecule has 29 heteroatoms. The Morgan fingerprint density at radius 2 is 1.08 bits per heavy atom. The van der Waals surface area contributed by atoms with Gasteiger partial charge in [0.05, 0.1) is 57.9 Å². The molecule has 0 spiro atoms. The number of carboxylic acid groups (broad SMARTS) is 1. The molecule has 4 saturated carbocycles. The number of ether oxygens (including phenoxy) is 6. The first-order valence-electron chi connectivity index (χ1n) is 28.6. The molecule has 6 atom stereocenters. The highest BCUT2D eigenvalue weighted by Gasteiger charge is 2.53. The van der Waals surface area contributed by atoms with Crippen LogP contribution >= 0.6 is 21.4 Å². The van der Waals surface area contributed by atoms with Gasteiger partial charge < -0.3 is 53.5 Å². The molecule has 2 aliphatic heterocycles. The fourth-order valence-electron chi connectivity index (χ4n) is 12.1. The summed E-state index contributed by atoms with van der Waals surface area (Å²) in [6, 6.07) is 14.5. The average Bonchev–Trinajstić information content (AvgIpc) is 1.90. The molecule has 0 saturated heterocycles. The predicted octanol–water partition coefficient (Wildman–Crippen LogP) is 13.1. The summed E-state index contributed by atoms with van der Waals surface area (Å²) in [6.07, 6.45) is -0.759. The van der Waals surface area contributed by atoms with Crippen molar-refractivity contribution in [3.8, 4) is 23.0 Å². The van der Waals surface area contributed by atoms with E-state index in [4.69, 9.17) is 23.5 Å². The number of hydrogen-bond donors (Lipinski definition) is 2. The first-order valence-corrected chi connectivity index (χ1v) is 31.4. The van der Waals surface area contributed by atoms with Crippen LogP contribution in [0.4, 0.5) is 46.5 Å². The Kier molecular flexibility index (Phi) is 23.8. The van der Waals surface area contributed by atoms with Gasteiger partial charge in [0.15, 0.2) is 0 Å². The van der Waals surface area contributed by atoms with Crippen LogP contribution in [0.5, 0.6) is 23.0 Å². The number of esters is 2. The molecule has 3 amide bonds. The van der Waals surface area contributed by atoms with Crippen LogP contribution in [0.3, 0.4) is 0 Å². The lowest BCUT2D eigenvalue weighted by atomic mass is 9.81. The number of hydrogen-bond acceptors (Lipinski definition) is 14. The molecular formula is C60H66Cl2F8N4O14S. The van der Waals surface area contributed by atoms with Crippen molar-refractivity contribution < 1.29 is 102 Å². The highest BCUT2D eigenvalue weighted by atomic mass is 36.0. The number of fused-ring (bicyclic) bond motifs is 4. The van der Waals surface area contributed by atoms with Crippen LogP contribution in [0.2, 0.25) is 0 Å². The molecule has 4 aromatic rings. The van der Waals surface area contributed by atoms with E-state index in [9.17, 15) is 63.9 Å². The number of aromatic carboxylic acids is 1. The van der Waals surface area contributed by atoms with Gasteiger partial charge >= 0.3 is 30.6 Å². The van der Waals surface area contributed by atoms with E-state index in [1.165, 1.54) is 37.4 Å². The van der Waals surface area contributed by atoms with E-state index in [0.717, 1.165) is 100 Å². The van der Waals surface area contributed by atoms with Gasteiger partial charge in [-0.1, -0.05) is 12.8 Å². The molecule has 2 heterocycles. The van der Waals surface area contributed by atoms with Crippen molar-refractivity contribution in [2.24, 2.45) is 11.8 Å². The number of carbonyl (C=O) groups excluding carboxylic acids is 5. The number of methoxy groups -OCH3 is 2. The molecule has 18 nitrogen and oxygen atoms in total. The molecule has 10 rings (SSSR count). The average molecular weight is 1320 g/mol. The second-order valence-corrected chi connectivity index (χ2v) is 24.0. The minimum atomic E-state index is -4.92. The molecule has 6 aliphatic rings. The summed E-state index contributed by atoms with van der Waals surface area (Å²) < 4.78 is 139. The third-order valence-corrected chi connectivity index (χ3v) is 15.7. The molecule has 89 heavy (non-hydrogen) atoms. The van der Waals surface area contributed by atoms with Crippen molar-refractivity contribution in [2.75, 3.05) is 37.7 Å². The lowest BCUT2D eigenvalue weighted by molar-refractivity contribution is -0.275. The van der Waals surface area contributed by atoms with Crippen molar-refractivity contribution in [3.05, 3.63) is 107 Å². The number of carboxylic acids is 1. The second-order valence-electron chi connectivity index (χ2n) is 21.5. The Balaban J connectivity index is 0.000000204. The molecule has 4 aliphatic carbocycles. The summed E-state index contributed by atoms with van der Waals surface area (Å²) in [5, 5.41) is 12.2. The summed E-state index contributed by atoms with van der Waals surface area (Å²) in [6.45, 7) is 3.99. The van der Waals surface area contributed by atoms with Gasteiger partial charge in [0.25, 0.3) is 5.91 Å². The number of nitrogens with zero attached hydrogens (tertiary/aromatic N) is 3. The van der Waals surface area contributed by atoms with Gasteiger partial charge in [-0.2, -0.15) is 0 Å². The second kappa shape index (κ2) is 30.6. The number of rotatable bonds is 18. The zero-order valence-electron chi connectivity index (χ0n) is 48.6. The molecule has 0 bridgehead atoms. The highest BCUT2D eigenvalue weighted by Crippen LogP contribution is 2.54. The monoisotopic (exact) mass is 1320 g/mol. The number of nitrogens with one attached hydrogen (secondary N) is 1. The van der Waals surface area contributed by atoms with E-state index in [-0.39, 0.29) is 109 Å². The normalized spacial score (nSPS) is 20.3. The van der Waals surface area contributed by atoms with Crippen molar-refractivity contribution in [2.45, 2.75) is 153 Å². The molecule has 4 aromatic carbocycles. The summed E-state index contributed by atoms with van der Waals surface area (Å²) in [4.78, 5) is 80.5. The topological polar surface area (TPSA) is 217 Å². The van der Waals surface area contributed by atoms with Gasteiger partial charge in [-0.05, 0) is 126 Å². The Bertz CT molecular complexity index is 3230. The highest BCUT2D eigenvalue weighted by molar-refractivity contribution is 8.26. The van der Waals surface area contributed by atoms with Crippen LogP contribution in [0.1, 0.15) is 148 Å². The van der Waals surface area contributed by atoms with Gasteiger partial charge in [-0.3, -0.25) is 24.0 Å². The maximum atomic E-state index is 14.8. The maximum absolute atomic E-state index is 14.8. The number of halogens is 10. The molecule has 486 valence electrons. The standard InChI is InChI=1S/C30H32F4N2O6.C21H27FN2O3.C9H7F3O4.Cl2OS/c1-3-41-27(38)14-13-26(37)35(18-8-9-18)28-20-5-4-6-23(20)36(24-12-7-17(31)15-22(24)28)29(39)21-11-10-19(16-25(21)40-2)42-30(32,33)34;1-2-27-20(26)11-10-19(25)24(14-7-8-14)21-15-4-3-5-17(15)23-18-9-6-13(22)12-16(18)21;1-15-7-4-5(16-9(10,11)12)2-3-6(7)8(13)14;1-4(2)3/h7,10-12,15-16,18,20,23,28H,3-6,8-9,13-14H2,1-2H3;6,9,12,14-15,17,21,23H,2-5,7-8,10-11H2,1H3;2-4H,1H3,(H,13,14);/t20-,23+,28-;15-,17+,21-;;/m11../s1. The number of anilines is 2. The minimum absolute atomic E-state index is 0.0154. The number of alkyl halides is 6. The van der Waals surface area contributed by atoms with Gasteiger partial charge in [0.2, 0.25) is 21.0 Å². The Morgan fingerprint density at radius 1 is 0.618 bits per heavy atom. The first-order chi connectivity index (χ1) is 42.2. The van der Waals surface area contributed by atoms with Crippen LogP contribution < -0.4 is 29.2 Å². The van der Waals surface area contributed by atoms with Crippen molar-refractivity contribution in [1.29, 1.82) is 0 Å². The van der Waals surface area contributed by atoms with Crippen molar-refractivity contribution >= 4 is 77.6 Å². The van der Waals surface area contributed by atoms with Gasteiger partial charge in [0.1, 0.15) is 40.2 Å². The minimum Gasteiger partial charge on any atom is -0.496 e. The van der Waals surface area contributed by atoms with E-state index in [1.54, 1.807) is 35.8 Å². The molecule has 0 unspecified atom stereocenters. The van der Waals surface area contributed by atoms with E-state index >= 15 is 0 Å². The molecule has 4 fully saturated rings. The molecular weight excluding hydrogens is 1260 g/mol. The SMILES string of the molecule is CCOC(=O)CCC(=O)N(C1CC1)[C@H]1c2cc(F)ccc2N(C(=O)c2ccc(OC(F)(F)F)cc2OC)[C@H]2CCC[C@H]21.CCOC(=O)CCC(=O)N(C1CC1)[C@H]1c2cc(F)ccc2N[C@H]2CCC[C@H]21.COc1cc(OC(F)(F)F)ccc1C(=O)O.O=S(Cl)Cl. The van der Waals surface area contributed by atoms with E-state index in [2.05, 4.69) is 40.9 Å². The fraction of sp³-hybridized carbons (Fsp3) is 0.500. The number of benzene rings is 4. The zero-order chi connectivity index (χ0) is 65.1. The van der Waals surface area contributed by atoms with Gasteiger partial charge in [0, 0.05) is 105 Å². The van der Waals surface area contributed by atoms with E-state index in [1.807, 2.05) is 4.90 Å². The van der Waals surface area contributed by atoms with Crippen molar-refractivity contribution in [1.82, 2.24) is 9.80 Å². The Hall–Kier alpha value is -7.13. The van der Waals surface area contributed by atoms with Crippen LogP contribution in [0.15, 0.2) is 72.8 Å². The smallest absolute Gasteiger partial charge is 0.496 e. The molecule has 0 radical (unpaired) electrons. The first kappa shape index (κ1) is 69.3. The van der Waals surface area contributed by atoms with E-state index in [0.29, 0.717) is 42.7 Å². The van der Waals surface area contributed by atoms with Crippen LogP contribution in [-0.2, 0) is 37.9 Å². The van der Waals surface area contributed by atoms with E-state index < -0.39 is 63.2 Å². The molecule has 2 N–H and O–H groups in total. The van der Waals surface area contributed by atoms with Gasteiger partial charge in [-0.15, -0.1) is 26.3 Å². The lowest BCUT2D eigenvalue weighted by Gasteiger charge is -2.48. The largest absolute Gasteiger partial charge is 0.573 e. The lowest BCUT2D eigenvalue weighted by Crippen LogP contribution is -2.53. The predicted molar refractivity (Wildman–Crippen MR) is 309 cm³/mol. The summed E-state index contributed by atoms with van der Waals surface area (Å²) in [5.74, 6) is -4.93. The molecule has 0 aromatic heterocycles. The number of amides is 3. The van der Waals surface area contributed by atoms with Crippen LogP contribution in [0, 0.1) is 23.5 Å². The summed E-state index contributed by atoms with van der Waals surface area (Å²) in [7, 11) is 9.75. The van der Waals surface area contributed by atoms with Gasteiger partial charge in [-0.25, -0.2) is 17.8 Å². The Morgan fingerprint density at radius 3 is 1.56 bits per heavy atom.